The monoisotopic (exact) mass is 366 g/mol. The highest BCUT2D eigenvalue weighted by atomic mass is 35.5. The van der Waals surface area contributed by atoms with Crippen LogP contribution in [-0.4, -0.2) is 22.6 Å². The van der Waals surface area contributed by atoms with Gasteiger partial charge < -0.3 is 15.2 Å². The van der Waals surface area contributed by atoms with Crippen LogP contribution in [0.25, 0.3) is 11.1 Å². The van der Waals surface area contributed by atoms with E-state index in [9.17, 15) is 9.90 Å². The van der Waals surface area contributed by atoms with Gasteiger partial charge in [0.1, 0.15) is 17.2 Å². The highest BCUT2D eigenvalue weighted by Crippen LogP contribution is 2.32. The van der Waals surface area contributed by atoms with Crippen molar-refractivity contribution in [1.29, 1.82) is 0 Å². The Morgan fingerprint density at radius 2 is 2.04 bits per heavy atom. The van der Waals surface area contributed by atoms with Crippen molar-refractivity contribution < 1.29 is 14.6 Å². The predicted octanol–water partition coefficient (Wildman–Crippen LogP) is 4.29. The lowest BCUT2D eigenvalue weighted by molar-refractivity contribution is 0.102. The van der Waals surface area contributed by atoms with E-state index in [1.54, 1.807) is 24.4 Å². The van der Waals surface area contributed by atoms with Crippen molar-refractivity contribution in [1.82, 2.24) is 4.98 Å². The van der Waals surface area contributed by atoms with E-state index in [1.807, 2.05) is 12.1 Å². The summed E-state index contributed by atoms with van der Waals surface area (Å²) in [6, 6.07) is 12.4. The average molecular weight is 367 g/mol. The number of pyridine rings is 1. The number of aromatic hydroxyl groups is 1. The van der Waals surface area contributed by atoms with E-state index in [2.05, 4.69) is 16.4 Å². The first kappa shape index (κ1) is 16.4. The van der Waals surface area contributed by atoms with Gasteiger partial charge in [-0.15, -0.1) is 0 Å². The molecule has 0 bridgehead atoms. The molecule has 2 N–H and O–H groups in total. The number of phenols is 1. The number of aromatic nitrogens is 1. The maximum atomic E-state index is 12.5. The molecule has 26 heavy (non-hydrogen) atoms. The van der Waals surface area contributed by atoms with E-state index >= 15 is 0 Å². The zero-order valence-corrected chi connectivity index (χ0v) is 14.5. The molecule has 4 rings (SSSR count). The summed E-state index contributed by atoms with van der Waals surface area (Å²) in [5.74, 6) is 0.422. The molecule has 1 aliphatic heterocycles. The number of para-hydroxylation sites is 1. The van der Waals surface area contributed by atoms with E-state index in [-0.39, 0.29) is 16.5 Å². The van der Waals surface area contributed by atoms with Gasteiger partial charge in [0.2, 0.25) is 0 Å². The summed E-state index contributed by atoms with van der Waals surface area (Å²) in [6.07, 6.45) is 4.06. The molecule has 0 aliphatic carbocycles. The van der Waals surface area contributed by atoms with Gasteiger partial charge in [0.15, 0.2) is 0 Å². The molecule has 0 atom stereocenters. The zero-order chi connectivity index (χ0) is 18.1. The topological polar surface area (TPSA) is 71.5 Å². The Morgan fingerprint density at radius 1 is 1.15 bits per heavy atom. The Morgan fingerprint density at radius 3 is 2.88 bits per heavy atom. The van der Waals surface area contributed by atoms with Crippen molar-refractivity contribution in [2.24, 2.45) is 0 Å². The zero-order valence-electron chi connectivity index (χ0n) is 13.7. The molecule has 1 amide bonds. The van der Waals surface area contributed by atoms with Crippen LogP contribution < -0.4 is 10.1 Å². The van der Waals surface area contributed by atoms with E-state index in [0.29, 0.717) is 12.2 Å². The standard InChI is InChI=1S/C20H15ClN2O3/c21-16-2-1-3-17(24)19(16)23-20(25)15-9-14(10-22-11-15)12-4-5-18-13(8-12)6-7-26-18/h1-5,8-11,24H,6-7H2,(H,23,25). The molecule has 5 nitrogen and oxygen atoms in total. The Hall–Kier alpha value is -3.05. The molecule has 2 aromatic carbocycles. The molecular formula is C20H15ClN2O3. The number of benzene rings is 2. The van der Waals surface area contributed by atoms with Gasteiger partial charge in [0.25, 0.3) is 5.91 Å². The number of halogens is 1. The molecule has 130 valence electrons. The van der Waals surface area contributed by atoms with Crippen LogP contribution in [-0.2, 0) is 6.42 Å². The molecule has 0 spiro atoms. The summed E-state index contributed by atoms with van der Waals surface area (Å²) < 4.78 is 5.52. The summed E-state index contributed by atoms with van der Waals surface area (Å²) in [4.78, 5) is 16.7. The Bertz CT molecular complexity index is 984. The van der Waals surface area contributed by atoms with Crippen LogP contribution in [0.4, 0.5) is 5.69 Å². The van der Waals surface area contributed by atoms with Gasteiger partial charge in [-0.25, -0.2) is 0 Å². The Labute approximate surface area is 155 Å². The fraction of sp³-hybridized carbons (Fsp3) is 0.100. The van der Waals surface area contributed by atoms with E-state index in [1.165, 1.54) is 12.3 Å². The highest BCUT2D eigenvalue weighted by molar-refractivity contribution is 6.34. The minimum atomic E-state index is -0.396. The van der Waals surface area contributed by atoms with Gasteiger partial charge in [-0.3, -0.25) is 9.78 Å². The van der Waals surface area contributed by atoms with Crippen LogP contribution >= 0.6 is 11.6 Å². The number of nitrogens with zero attached hydrogens (tertiary/aromatic N) is 1. The minimum Gasteiger partial charge on any atom is -0.506 e. The predicted molar refractivity (Wildman–Crippen MR) is 99.9 cm³/mol. The van der Waals surface area contributed by atoms with E-state index < -0.39 is 5.91 Å². The molecular weight excluding hydrogens is 352 g/mol. The summed E-state index contributed by atoms with van der Waals surface area (Å²) in [7, 11) is 0. The lowest BCUT2D eigenvalue weighted by Gasteiger charge is -2.10. The molecule has 0 radical (unpaired) electrons. The third-order valence-electron chi connectivity index (χ3n) is 4.25. The first-order valence-corrected chi connectivity index (χ1v) is 8.49. The molecule has 2 heterocycles. The van der Waals surface area contributed by atoms with Gasteiger partial charge in [0.05, 0.1) is 17.2 Å². The van der Waals surface area contributed by atoms with Gasteiger partial charge in [0, 0.05) is 24.4 Å². The van der Waals surface area contributed by atoms with Gasteiger partial charge in [-0.2, -0.15) is 0 Å². The van der Waals surface area contributed by atoms with E-state index in [0.717, 1.165) is 28.9 Å². The molecule has 3 aromatic rings. The largest absolute Gasteiger partial charge is 0.506 e. The first-order valence-electron chi connectivity index (χ1n) is 8.12. The molecule has 0 saturated heterocycles. The number of phenolic OH excluding ortho intramolecular Hbond substituents is 1. The third kappa shape index (κ3) is 3.09. The number of ether oxygens (including phenoxy) is 1. The van der Waals surface area contributed by atoms with Crippen LogP contribution in [0.3, 0.4) is 0 Å². The number of hydrogen-bond acceptors (Lipinski definition) is 4. The first-order chi connectivity index (χ1) is 12.6. The van der Waals surface area contributed by atoms with Gasteiger partial charge in [-0.1, -0.05) is 23.7 Å². The number of carbonyl (C=O) groups excluding carboxylic acids is 1. The summed E-state index contributed by atoms with van der Waals surface area (Å²) >= 11 is 6.04. The maximum Gasteiger partial charge on any atom is 0.257 e. The fourth-order valence-corrected chi connectivity index (χ4v) is 3.13. The number of anilines is 1. The number of nitrogens with one attached hydrogen (secondary N) is 1. The van der Waals surface area contributed by atoms with E-state index in [4.69, 9.17) is 16.3 Å². The number of amides is 1. The highest BCUT2D eigenvalue weighted by Gasteiger charge is 2.15. The van der Waals surface area contributed by atoms with Crippen LogP contribution in [0, 0.1) is 0 Å². The second-order valence-corrected chi connectivity index (χ2v) is 6.38. The quantitative estimate of drug-likeness (QED) is 0.678. The minimum absolute atomic E-state index is 0.0893. The number of rotatable bonds is 3. The third-order valence-corrected chi connectivity index (χ3v) is 4.57. The SMILES string of the molecule is O=C(Nc1c(O)cccc1Cl)c1cncc(-c2ccc3c(c2)CCO3)c1. The summed E-state index contributed by atoms with van der Waals surface area (Å²) in [5, 5.41) is 12.8. The smallest absolute Gasteiger partial charge is 0.257 e. The second kappa shape index (κ2) is 6.69. The second-order valence-electron chi connectivity index (χ2n) is 5.97. The molecule has 0 saturated carbocycles. The molecule has 0 fully saturated rings. The van der Waals surface area contributed by atoms with Crippen molar-refractivity contribution in [3.63, 3.8) is 0 Å². The maximum absolute atomic E-state index is 12.5. The lowest BCUT2D eigenvalue weighted by Crippen LogP contribution is -2.12. The molecule has 1 aromatic heterocycles. The van der Waals surface area contributed by atoms with Crippen molar-refractivity contribution in [2.75, 3.05) is 11.9 Å². The van der Waals surface area contributed by atoms with Crippen LogP contribution in [0.2, 0.25) is 5.02 Å². The van der Waals surface area contributed by atoms with Crippen LogP contribution in [0.5, 0.6) is 11.5 Å². The number of fused-ring (bicyclic) bond motifs is 1. The van der Waals surface area contributed by atoms with Gasteiger partial charge in [-0.05, 0) is 41.5 Å². The lowest BCUT2D eigenvalue weighted by atomic mass is 10.0. The Kier molecular flexibility index (Phi) is 4.22. The van der Waals surface area contributed by atoms with Crippen LogP contribution in [0.1, 0.15) is 15.9 Å². The number of hydrogen-bond donors (Lipinski definition) is 2. The summed E-state index contributed by atoms with van der Waals surface area (Å²) in [5.41, 5.74) is 3.50. The number of carbonyl (C=O) groups is 1. The van der Waals surface area contributed by atoms with Crippen molar-refractivity contribution in [3.8, 4) is 22.6 Å². The van der Waals surface area contributed by atoms with Gasteiger partial charge >= 0.3 is 0 Å². The van der Waals surface area contributed by atoms with Crippen molar-refractivity contribution >= 4 is 23.2 Å². The van der Waals surface area contributed by atoms with Crippen molar-refractivity contribution in [3.05, 3.63) is 71.0 Å². The molecule has 6 heteroatoms. The summed E-state index contributed by atoms with van der Waals surface area (Å²) in [6.45, 7) is 0.695. The Balaban J connectivity index is 1.62. The average Bonchev–Trinajstić information content (AvgIpc) is 3.12. The fourth-order valence-electron chi connectivity index (χ4n) is 2.91. The molecule has 0 unspecified atom stereocenters. The van der Waals surface area contributed by atoms with Crippen LogP contribution in [0.15, 0.2) is 54.9 Å². The normalized spacial score (nSPS) is 12.3. The molecule has 1 aliphatic rings. The van der Waals surface area contributed by atoms with Crippen molar-refractivity contribution in [2.45, 2.75) is 6.42 Å².